The third-order valence-corrected chi connectivity index (χ3v) is 18.6. The number of unbranched alkanes of at least 4 members (excludes halogenated alkanes) is 47. The maximum absolute atomic E-state index is 13.1. The first-order valence-corrected chi connectivity index (χ1v) is 40.4. The predicted octanol–water partition coefficient (Wildman–Crippen LogP) is 24.8. The highest BCUT2D eigenvalue weighted by molar-refractivity contribution is 7.45. The average molecular weight is 1280 g/mol. The number of rotatable bonds is 72. The molecular formula is C81H151N2O6P. The summed E-state index contributed by atoms with van der Waals surface area (Å²) in [4.78, 5) is 25.7. The molecule has 526 valence electrons. The van der Waals surface area contributed by atoms with Crippen LogP contribution in [-0.4, -0.2) is 68.5 Å². The summed E-state index contributed by atoms with van der Waals surface area (Å²) in [7, 11) is 1.27. The normalized spacial score (nSPS) is 14.0. The lowest BCUT2D eigenvalue weighted by atomic mass is 10.0. The van der Waals surface area contributed by atoms with Gasteiger partial charge in [-0.25, -0.2) is 0 Å². The molecular weight excluding hydrogens is 1130 g/mol. The van der Waals surface area contributed by atoms with Crippen LogP contribution in [0.25, 0.3) is 0 Å². The predicted molar refractivity (Wildman–Crippen MR) is 394 cm³/mol. The second kappa shape index (κ2) is 71.0. The second-order valence-corrected chi connectivity index (χ2v) is 29.1. The van der Waals surface area contributed by atoms with E-state index in [4.69, 9.17) is 9.05 Å². The molecule has 0 aromatic carbocycles. The molecule has 0 rings (SSSR count). The molecule has 0 fully saturated rings. The van der Waals surface area contributed by atoms with Gasteiger partial charge in [-0.2, -0.15) is 0 Å². The number of hydrogen-bond acceptors (Lipinski definition) is 6. The van der Waals surface area contributed by atoms with E-state index in [2.05, 4.69) is 92.1 Å². The first kappa shape index (κ1) is 87.7. The summed E-state index contributed by atoms with van der Waals surface area (Å²) in [6.45, 7) is 4.58. The number of carbonyl (C=O) groups excluding carboxylic acids is 1. The Labute approximate surface area is 560 Å². The minimum absolute atomic E-state index is 0.00146. The van der Waals surface area contributed by atoms with Crippen LogP contribution in [0.5, 0.6) is 0 Å². The maximum atomic E-state index is 13.1. The highest BCUT2D eigenvalue weighted by Gasteiger charge is 2.23. The number of allylic oxidation sites excluding steroid dienone is 13. The van der Waals surface area contributed by atoms with Gasteiger partial charge in [-0.05, 0) is 70.6 Å². The van der Waals surface area contributed by atoms with Gasteiger partial charge in [0.05, 0.1) is 39.9 Å². The van der Waals surface area contributed by atoms with Gasteiger partial charge in [0.25, 0.3) is 7.82 Å². The van der Waals surface area contributed by atoms with E-state index >= 15 is 0 Å². The van der Waals surface area contributed by atoms with Gasteiger partial charge in [-0.3, -0.25) is 9.36 Å². The minimum Gasteiger partial charge on any atom is -0.756 e. The number of hydrogen-bond donors (Lipinski definition) is 2. The van der Waals surface area contributed by atoms with Crippen LogP contribution in [-0.2, 0) is 18.4 Å². The molecule has 2 N–H and O–H groups in total. The van der Waals surface area contributed by atoms with Crippen molar-refractivity contribution in [1.82, 2.24) is 5.32 Å². The van der Waals surface area contributed by atoms with E-state index in [1.807, 2.05) is 27.2 Å². The molecule has 0 aliphatic rings. The number of likely N-dealkylation sites (N-methyl/N-ethyl adjacent to an activating group) is 1. The van der Waals surface area contributed by atoms with Crippen LogP contribution < -0.4 is 10.2 Å². The van der Waals surface area contributed by atoms with Crippen molar-refractivity contribution in [1.29, 1.82) is 0 Å². The quantitative estimate of drug-likeness (QED) is 0.0272. The van der Waals surface area contributed by atoms with E-state index in [-0.39, 0.29) is 19.1 Å². The summed E-state index contributed by atoms with van der Waals surface area (Å²) in [5.41, 5.74) is 0. The highest BCUT2D eigenvalue weighted by Crippen LogP contribution is 2.38. The Morgan fingerprint density at radius 2 is 0.678 bits per heavy atom. The lowest BCUT2D eigenvalue weighted by Gasteiger charge is -2.29. The topological polar surface area (TPSA) is 108 Å². The van der Waals surface area contributed by atoms with Crippen molar-refractivity contribution in [2.24, 2.45) is 0 Å². The van der Waals surface area contributed by atoms with Gasteiger partial charge in [0.1, 0.15) is 13.2 Å². The fourth-order valence-electron chi connectivity index (χ4n) is 11.6. The van der Waals surface area contributed by atoms with Gasteiger partial charge in [-0.1, -0.05) is 381 Å². The van der Waals surface area contributed by atoms with E-state index in [1.54, 1.807) is 6.08 Å². The van der Waals surface area contributed by atoms with Crippen LogP contribution in [0.15, 0.2) is 85.1 Å². The zero-order valence-corrected chi connectivity index (χ0v) is 61.2. The van der Waals surface area contributed by atoms with Gasteiger partial charge >= 0.3 is 0 Å². The third kappa shape index (κ3) is 73.1. The van der Waals surface area contributed by atoms with E-state index in [1.165, 1.54) is 276 Å². The Morgan fingerprint density at radius 1 is 0.400 bits per heavy atom. The molecule has 0 aliphatic carbocycles. The van der Waals surface area contributed by atoms with Crippen molar-refractivity contribution in [2.75, 3.05) is 40.9 Å². The summed E-state index contributed by atoms with van der Waals surface area (Å²) >= 11 is 0. The number of phosphoric acid groups is 1. The van der Waals surface area contributed by atoms with E-state index in [0.717, 1.165) is 77.0 Å². The number of amides is 1. The summed E-state index contributed by atoms with van der Waals surface area (Å²) in [6.07, 6.45) is 102. The van der Waals surface area contributed by atoms with Crippen LogP contribution >= 0.6 is 7.82 Å². The standard InChI is InChI=1S/C81H151N2O6P/c1-6-8-10-12-14-16-18-20-22-24-26-28-30-32-34-36-38-39-40-41-42-43-45-47-49-51-53-55-57-59-61-63-65-67-69-71-73-75-81(85)82-79(78-89-90(86,87)88-77-76-83(3,4)5)80(84)74-72-70-68-66-64-62-60-58-56-54-52-50-48-46-44-37-35-33-31-29-27-25-23-21-19-17-15-13-11-9-7-2/h8,10,14,16,20,22,26,28,32,34,38-39,72,74,79-80,84H,6-7,9,11-13,15,17-19,21,23-25,27,29-31,33,35-37,40-71,73,75-78H2,1-5H3,(H-,82,85,86,87)/b10-8-,16-14-,22-20-,28-26-,34-32-,39-38-,74-72+. The monoisotopic (exact) mass is 1280 g/mol. The zero-order valence-electron chi connectivity index (χ0n) is 60.3. The van der Waals surface area contributed by atoms with Crippen LogP contribution in [0.1, 0.15) is 373 Å². The lowest BCUT2D eigenvalue weighted by Crippen LogP contribution is -2.45. The minimum atomic E-state index is -4.61. The number of quaternary nitrogens is 1. The molecule has 0 spiro atoms. The number of aliphatic hydroxyl groups is 1. The van der Waals surface area contributed by atoms with Crippen molar-refractivity contribution in [2.45, 2.75) is 386 Å². The lowest BCUT2D eigenvalue weighted by molar-refractivity contribution is -0.870. The molecule has 1 amide bonds. The molecule has 3 atom stereocenters. The van der Waals surface area contributed by atoms with Crippen molar-refractivity contribution in [3.63, 3.8) is 0 Å². The van der Waals surface area contributed by atoms with Gasteiger partial charge < -0.3 is 28.8 Å². The SMILES string of the molecule is CC/C=C\C/C=C\C/C=C\C/C=C\C/C=C\C/C=C\CCCCCCCCCCCCCCCCCCCCC(=O)NC(COP(=O)([O-])OCC[N+](C)(C)C)C(O)/C=C/CCCCCCCCCCCCCCCCCCCCCCCCCCCCCCC. The molecule has 0 aromatic rings. The van der Waals surface area contributed by atoms with Gasteiger partial charge in [-0.15, -0.1) is 0 Å². The molecule has 0 aromatic heterocycles. The van der Waals surface area contributed by atoms with Crippen LogP contribution in [0.3, 0.4) is 0 Å². The number of phosphoric ester groups is 1. The highest BCUT2D eigenvalue weighted by atomic mass is 31.2. The van der Waals surface area contributed by atoms with Crippen molar-refractivity contribution in [3.8, 4) is 0 Å². The van der Waals surface area contributed by atoms with Crippen molar-refractivity contribution >= 4 is 13.7 Å². The van der Waals surface area contributed by atoms with Crippen molar-refractivity contribution < 1.29 is 32.9 Å². The maximum Gasteiger partial charge on any atom is 0.268 e. The molecule has 9 heteroatoms. The van der Waals surface area contributed by atoms with Crippen molar-refractivity contribution in [3.05, 3.63) is 85.1 Å². The third-order valence-electron chi connectivity index (χ3n) is 17.6. The summed E-state index contributed by atoms with van der Waals surface area (Å²) in [6, 6.07) is -0.891. The fraction of sp³-hybridized carbons (Fsp3) is 0.815. The van der Waals surface area contributed by atoms with Gasteiger partial charge in [0.15, 0.2) is 0 Å². The molecule has 3 unspecified atom stereocenters. The first-order chi connectivity index (χ1) is 44.0. The van der Waals surface area contributed by atoms with Crippen LogP contribution in [0, 0.1) is 0 Å². The van der Waals surface area contributed by atoms with Crippen LogP contribution in [0.2, 0.25) is 0 Å². The number of nitrogens with one attached hydrogen (secondary N) is 1. The summed E-state index contributed by atoms with van der Waals surface area (Å²) in [5.74, 6) is -0.193. The summed E-state index contributed by atoms with van der Waals surface area (Å²) in [5, 5.41) is 14.0. The van der Waals surface area contributed by atoms with E-state index in [0.29, 0.717) is 17.4 Å². The molecule has 8 nitrogen and oxygen atoms in total. The molecule has 0 radical (unpaired) electrons. The number of nitrogens with zero attached hydrogens (tertiary/aromatic N) is 1. The number of carbonyl (C=O) groups is 1. The molecule has 0 saturated carbocycles. The fourth-order valence-corrected chi connectivity index (χ4v) is 12.4. The van der Waals surface area contributed by atoms with Gasteiger partial charge in [0.2, 0.25) is 5.91 Å². The summed E-state index contributed by atoms with van der Waals surface area (Å²) < 4.78 is 23.5. The smallest absolute Gasteiger partial charge is 0.268 e. The Bertz CT molecular complexity index is 1750. The first-order valence-electron chi connectivity index (χ1n) is 38.9. The van der Waals surface area contributed by atoms with E-state index < -0.39 is 20.0 Å². The molecule has 0 aliphatic heterocycles. The molecule has 0 bridgehead atoms. The molecule has 0 heterocycles. The van der Waals surface area contributed by atoms with Gasteiger partial charge in [0, 0.05) is 6.42 Å². The average Bonchev–Trinajstić information content (AvgIpc) is 3.18. The Kier molecular flexibility index (Phi) is 69.2. The zero-order chi connectivity index (χ0) is 65.5. The molecule has 0 saturated heterocycles. The van der Waals surface area contributed by atoms with Crippen LogP contribution in [0.4, 0.5) is 0 Å². The van der Waals surface area contributed by atoms with E-state index in [9.17, 15) is 19.4 Å². The Balaban J connectivity index is 3.99. The molecule has 90 heavy (non-hydrogen) atoms. The largest absolute Gasteiger partial charge is 0.756 e. The Hall–Kier alpha value is -2.32. The Morgan fingerprint density at radius 3 is 0.989 bits per heavy atom. The number of aliphatic hydroxyl groups excluding tert-OH is 1. The second-order valence-electron chi connectivity index (χ2n) is 27.7.